The molecule has 2 amide bonds. The summed E-state index contributed by atoms with van der Waals surface area (Å²) in [5.41, 5.74) is 0. The van der Waals surface area contributed by atoms with Crippen LogP contribution in [0.3, 0.4) is 0 Å². The Kier molecular flexibility index (Phi) is 8.95. The van der Waals surface area contributed by atoms with Gasteiger partial charge in [-0.3, -0.25) is 0 Å². The highest BCUT2D eigenvalue weighted by Crippen LogP contribution is 2.06. The molecule has 0 radical (unpaired) electrons. The molecule has 0 aromatic heterocycles. The van der Waals surface area contributed by atoms with Crippen LogP contribution in [0, 0.1) is 0 Å². The first-order chi connectivity index (χ1) is 8.92. The largest absolute Gasteiger partial charge is 0.480 e. The van der Waals surface area contributed by atoms with Crippen molar-refractivity contribution in [2.45, 2.75) is 71.1 Å². The zero-order chi connectivity index (χ0) is 14.8. The second kappa shape index (κ2) is 9.61. The summed E-state index contributed by atoms with van der Waals surface area (Å²) in [5.74, 6) is -1.24. The quantitative estimate of drug-likeness (QED) is 0.512. The molecule has 0 saturated heterocycles. The Morgan fingerprint density at radius 1 is 1.11 bits per heavy atom. The van der Waals surface area contributed by atoms with Gasteiger partial charge in [-0.15, -0.1) is 0 Å². The van der Waals surface area contributed by atoms with Crippen molar-refractivity contribution in [3.8, 4) is 0 Å². The topological polar surface area (TPSA) is 98.7 Å². The van der Waals surface area contributed by atoms with Crippen LogP contribution >= 0.6 is 0 Å². The van der Waals surface area contributed by atoms with Gasteiger partial charge in [0, 0.05) is 6.04 Å². The number of carbonyl (C=O) groups is 2. The summed E-state index contributed by atoms with van der Waals surface area (Å²) < 4.78 is 0. The lowest BCUT2D eigenvalue weighted by molar-refractivity contribution is -0.141. The second-order valence-corrected chi connectivity index (χ2v) is 4.80. The molecular weight excluding hydrogens is 248 g/mol. The van der Waals surface area contributed by atoms with Gasteiger partial charge >= 0.3 is 12.0 Å². The summed E-state index contributed by atoms with van der Waals surface area (Å²) in [7, 11) is 0. The first-order valence-electron chi connectivity index (χ1n) is 6.90. The monoisotopic (exact) mass is 274 g/mol. The predicted octanol–water partition coefficient (Wildman–Crippen LogP) is 1.48. The SMILES string of the molecule is CCCCC(CCC)NC(=O)N[C@H](C(=O)O)[C@@H](C)O. The van der Waals surface area contributed by atoms with Gasteiger partial charge in [0.1, 0.15) is 0 Å². The van der Waals surface area contributed by atoms with Crippen molar-refractivity contribution in [1.82, 2.24) is 10.6 Å². The molecule has 0 aromatic carbocycles. The summed E-state index contributed by atoms with van der Waals surface area (Å²) in [6, 6.07) is -1.77. The highest BCUT2D eigenvalue weighted by Gasteiger charge is 2.25. The molecule has 112 valence electrons. The van der Waals surface area contributed by atoms with E-state index < -0.39 is 24.1 Å². The first-order valence-corrected chi connectivity index (χ1v) is 6.90. The number of aliphatic hydroxyl groups excluding tert-OH is 1. The van der Waals surface area contributed by atoms with E-state index in [1.807, 2.05) is 6.92 Å². The third kappa shape index (κ3) is 7.66. The van der Waals surface area contributed by atoms with Crippen molar-refractivity contribution in [1.29, 1.82) is 0 Å². The van der Waals surface area contributed by atoms with Gasteiger partial charge in [0.05, 0.1) is 6.10 Å². The molecule has 0 heterocycles. The van der Waals surface area contributed by atoms with E-state index >= 15 is 0 Å². The molecule has 0 aliphatic rings. The highest BCUT2D eigenvalue weighted by atomic mass is 16.4. The minimum atomic E-state index is -1.28. The predicted molar refractivity (Wildman–Crippen MR) is 73.0 cm³/mol. The molecule has 1 unspecified atom stereocenters. The third-order valence-corrected chi connectivity index (χ3v) is 2.91. The van der Waals surface area contributed by atoms with Crippen LogP contribution in [-0.4, -0.2) is 40.4 Å². The van der Waals surface area contributed by atoms with Gasteiger partial charge in [-0.25, -0.2) is 9.59 Å². The molecule has 0 aliphatic carbocycles. The maximum Gasteiger partial charge on any atom is 0.328 e. The number of unbranched alkanes of at least 4 members (excludes halogenated alkanes) is 1. The van der Waals surface area contributed by atoms with E-state index in [0.717, 1.165) is 32.1 Å². The average molecular weight is 274 g/mol. The van der Waals surface area contributed by atoms with E-state index in [9.17, 15) is 14.7 Å². The second-order valence-electron chi connectivity index (χ2n) is 4.80. The summed E-state index contributed by atoms with van der Waals surface area (Å²) in [5, 5.41) is 23.2. The first kappa shape index (κ1) is 17.7. The van der Waals surface area contributed by atoms with Crippen molar-refractivity contribution < 1.29 is 19.8 Å². The van der Waals surface area contributed by atoms with Crippen molar-refractivity contribution in [3.63, 3.8) is 0 Å². The van der Waals surface area contributed by atoms with E-state index in [1.54, 1.807) is 0 Å². The highest BCUT2D eigenvalue weighted by molar-refractivity contribution is 5.83. The van der Waals surface area contributed by atoms with Crippen molar-refractivity contribution in [3.05, 3.63) is 0 Å². The summed E-state index contributed by atoms with van der Waals surface area (Å²) in [6.07, 6.45) is 3.62. The van der Waals surface area contributed by atoms with Gasteiger partial charge in [-0.05, 0) is 19.8 Å². The van der Waals surface area contributed by atoms with Gasteiger partial charge in [-0.1, -0.05) is 33.1 Å². The molecule has 0 aliphatic heterocycles. The van der Waals surface area contributed by atoms with Crippen molar-refractivity contribution in [2.24, 2.45) is 0 Å². The Hall–Kier alpha value is -1.30. The fourth-order valence-corrected chi connectivity index (χ4v) is 1.84. The van der Waals surface area contributed by atoms with E-state index in [0.29, 0.717) is 0 Å². The smallest absolute Gasteiger partial charge is 0.328 e. The van der Waals surface area contributed by atoms with Crippen molar-refractivity contribution in [2.75, 3.05) is 0 Å². The molecule has 0 bridgehead atoms. The lowest BCUT2D eigenvalue weighted by Gasteiger charge is -2.21. The van der Waals surface area contributed by atoms with Gasteiger partial charge in [0.25, 0.3) is 0 Å². The van der Waals surface area contributed by atoms with E-state index in [-0.39, 0.29) is 6.04 Å². The Morgan fingerprint density at radius 2 is 1.74 bits per heavy atom. The zero-order valence-corrected chi connectivity index (χ0v) is 12.0. The van der Waals surface area contributed by atoms with Gasteiger partial charge in [-0.2, -0.15) is 0 Å². The molecule has 6 heteroatoms. The van der Waals surface area contributed by atoms with Crippen LogP contribution in [0.5, 0.6) is 0 Å². The molecule has 0 aromatic rings. The van der Waals surface area contributed by atoms with Crippen LogP contribution < -0.4 is 10.6 Å². The number of nitrogens with one attached hydrogen (secondary N) is 2. The number of hydrogen-bond acceptors (Lipinski definition) is 3. The number of carboxylic acid groups (broad SMARTS) is 1. The Balaban J connectivity index is 4.34. The number of carboxylic acids is 1. The zero-order valence-electron chi connectivity index (χ0n) is 12.0. The Labute approximate surface area is 114 Å². The van der Waals surface area contributed by atoms with Crippen LogP contribution in [0.2, 0.25) is 0 Å². The normalized spacial score (nSPS) is 15.4. The fourth-order valence-electron chi connectivity index (χ4n) is 1.84. The molecule has 0 fully saturated rings. The molecule has 19 heavy (non-hydrogen) atoms. The van der Waals surface area contributed by atoms with Crippen LogP contribution in [-0.2, 0) is 4.79 Å². The lowest BCUT2D eigenvalue weighted by atomic mass is 10.1. The Bertz CT molecular complexity index is 282. The number of rotatable bonds is 9. The minimum Gasteiger partial charge on any atom is -0.480 e. The molecule has 3 atom stereocenters. The fraction of sp³-hybridized carbons (Fsp3) is 0.846. The summed E-state index contributed by atoms with van der Waals surface area (Å²) in [4.78, 5) is 22.6. The minimum absolute atomic E-state index is 0.0494. The third-order valence-electron chi connectivity index (χ3n) is 2.91. The lowest BCUT2D eigenvalue weighted by Crippen LogP contribution is -2.53. The summed E-state index contributed by atoms with van der Waals surface area (Å²) >= 11 is 0. The van der Waals surface area contributed by atoms with Crippen LogP contribution in [0.25, 0.3) is 0 Å². The number of carbonyl (C=O) groups excluding carboxylic acids is 1. The maximum absolute atomic E-state index is 11.7. The van der Waals surface area contributed by atoms with Gasteiger partial charge in [0.2, 0.25) is 0 Å². The molecule has 0 saturated carbocycles. The van der Waals surface area contributed by atoms with Crippen LogP contribution in [0.1, 0.15) is 52.9 Å². The summed E-state index contributed by atoms with van der Waals surface area (Å²) in [6.45, 7) is 5.45. The van der Waals surface area contributed by atoms with Gasteiger partial charge in [0.15, 0.2) is 6.04 Å². The van der Waals surface area contributed by atoms with E-state index in [2.05, 4.69) is 17.6 Å². The number of amides is 2. The molecule has 0 rings (SSSR count). The molecule has 6 nitrogen and oxygen atoms in total. The number of aliphatic hydroxyl groups is 1. The maximum atomic E-state index is 11.7. The number of urea groups is 1. The molecular formula is C13H26N2O4. The van der Waals surface area contributed by atoms with E-state index in [1.165, 1.54) is 6.92 Å². The number of aliphatic carboxylic acids is 1. The average Bonchev–Trinajstić information content (AvgIpc) is 2.32. The number of hydrogen-bond donors (Lipinski definition) is 4. The van der Waals surface area contributed by atoms with Gasteiger partial charge < -0.3 is 20.8 Å². The van der Waals surface area contributed by atoms with Crippen LogP contribution in [0.15, 0.2) is 0 Å². The van der Waals surface area contributed by atoms with Crippen molar-refractivity contribution >= 4 is 12.0 Å². The molecule has 0 spiro atoms. The van der Waals surface area contributed by atoms with Crippen LogP contribution in [0.4, 0.5) is 4.79 Å². The van der Waals surface area contributed by atoms with E-state index in [4.69, 9.17) is 5.11 Å². The standard InChI is InChI=1S/C13H26N2O4/c1-4-6-8-10(7-5-2)14-13(19)15-11(9(3)16)12(17)18/h9-11,16H,4-8H2,1-3H3,(H,17,18)(H2,14,15,19)/t9-,10?,11+/m1/s1. The Morgan fingerprint density at radius 3 is 2.16 bits per heavy atom. The molecule has 4 N–H and O–H groups in total.